The molecule has 98 valence electrons. The van der Waals surface area contributed by atoms with E-state index in [1.165, 1.54) is 5.56 Å². The Labute approximate surface area is 122 Å². The lowest BCUT2D eigenvalue weighted by Gasteiger charge is -2.06. The maximum atomic E-state index is 7.43. The summed E-state index contributed by atoms with van der Waals surface area (Å²) in [5.74, 6) is 1.87. The highest BCUT2D eigenvalue weighted by Gasteiger charge is 2.01. The third-order valence-corrected chi connectivity index (χ3v) is 4.14. The van der Waals surface area contributed by atoms with Crippen molar-refractivity contribution in [2.24, 2.45) is 5.73 Å². The first-order valence-corrected chi connectivity index (χ1v) is 7.44. The van der Waals surface area contributed by atoms with E-state index >= 15 is 0 Å². The van der Waals surface area contributed by atoms with Gasteiger partial charge in [-0.15, -0.1) is 0 Å². The van der Waals surface area contributed by atoms with Crippen molar-refractivity contribution in [3.05, 3.63) is 70.2 Å². The summed E-state index contributed by atoms with van der Waals surface area (Å²) in [5.41, 5.74) is 8.58. The second-order valence-electron chi connectivity index (χ2n) is 4.20. The number of nitrogens with one attached hydrogen (secondary N) is 1. The van der Waals surface area contributed by atoms with Crippen LogP contribution in [0.1, 0.15) is 16.7 Å². The highest BCUT2D eigenvalue weighted by atomic mass is 35.5. The van der Waals surface area contributed by atoms with E-state index in [9.17, 15) is 0 Å². The van der Waals surface area contributed by atoms with Gasteiger partial charge in [-0.25, -0.2) is 0 Å². The van der Waals surface area contributed by atoms with Crippen LogP contribution in [-0.4, -0.2) is 5.84 Å². The largest absolute Gasteiger partial charge is 0.384 e. The van der Waals surface area contributed by atoms with Gasteiger partial charge < -0.3 is 5.73 Å². The van der Waals surface area contributed by atoms with Crippen LogP contribution >= 0.6 is 23.4 Å². The molecule has 0 spiro atoms. The smallest absolute Gasteiger partial charge is 0.122 e. The molecule has 0 amide bonds. The zero-order valence-corrected chi connectivity index (χ0v) is 12.0. The molecule has 3 N–H and O–H groups in total. The molecule has 0 heterocycles. The Morgan fingerprint density at radius 3 is 2.63 bits per heavy atom. The standard InChI is InChI=1S/C15H15ClN2S/c16-14-7-2-1-5-13(14)10-19-9-11-4-3-6-12(8-11)15(17)18/h1-8H,9-10H2,(H3,17,18). The molecule has 2 aromatic rings. The molecule has 19 heavy (non-hydrogen) atoms. The SMILES string of the molecule is N=C(N)c1cccc(CSCc2ccccc2Cl)c1. The van der Waals surface area contributed by atoms with Gasteiger partial charge in [0.2, 0.25) is 0 Å². The van der Waals surface area contributed by atoms with E-state index in [2.05, 4.69) is 0 Å². The topological polar surface area (TPSA) is 49.9 Å². The van der Waals surface area contributed by atoms with Crippen LogP contribution in [0.3, 0.4) is 0 Å². The fraction of sp³-hybridized carbons (Fsp3) is 0.133. The number of hydrogen-bond acceptors (Lipinski definition) is 2. The van der Waals surface area contributed by atoms with E-state index in [0.29, 0.717) is 0 Å². The minimum absolute atomic E-state index is 0.109. The molecule has 0 atom stereocenters. The highest BCUT2D eigenvalue weighted by Crippen LogP contribution is 2.23. The fourth-order valence-corrected chi connectivity index (χ4v) is 2.99. The van der Waals surface area contributed by atoms with E-state index in [-0.39, 0.29) is 5.84 Å². The van der Waals surface area contributed by atoms with Crippen molar-refractivity contribution in [2.75, 3.05) is 0 Å². The van der Waals surface area contributed by atoms with Crippen molar-refractivity contribution in [1.82, 2.24) is 0 Å². The molecule has 0 bridgehead atoms. The Kier molecular flexibility index (Phi) is 4.88. The predicted octanol–water partition coefficient (Wildman–Crippen LogP) is 4.06. The van der Waals surface area contributed by atoms with E-state index < -0.39 is 0 Å². The zero-order chi connectivity index (χ0) is 13.7. The van der Waals surface area contributed by atoms with Crippen LogP contribution in [0.5, 0.6) is 0 Å². The second-order valence-corrected chi connectivity index (χ2v) is 5.59. The maximum Gasteiger partial charge on any atom is 0.122 e. The molecule has 2 aromatic carbocycles. The fourth-order valence-electron chi connectivity index (χ4n) is 1.72. The number of thioether (sulfide) groups is 1. The number of benzene rings is 2. The van der Waals surface area contributed by atoms with Gasteiger partial charge in [0.25, 0.3) is 0 Å². The number of halogens is 1. The Morgan fingerprint density at radius 1 is 1.11 bits per heavy atom. The summed E-state index contributed by atoms with van der Waals surface area (Å²) in [7, 11) is 0. The van der Waals surface area contributed by atoms with Gasteiger partial charge in [0, 0.05) is 22.1 Å². The predicted molar refractivity (Wildman–Crippen MR) is 83.9 cm³/mol. The first-order chi connectivity index (χ1) is 9.16. The van der Waals surface area contributed by atoms with E-state index in [0.717, 1.165) is 27.7 Å². The zero-order valence-electron chi connectivity index (χ0n) is 10.4. The molecule has 0 aliphatic carbocycles. The molecule has 0 radical (unpaired) electrons. The molecule has 0 fully saturated rings. The first kappa shape index (κ1) is 14.0. The maximum absolute atomic E-state index is 7.43. The molecule has 0 aromatic heterocycles. The number of nitrogen functional groups attached to an aromatic ring is 1. The summed E-state index contributed by atoms with van der Waals surface area (Å²) in [4.78, 5) is 0. The molecule has 0 aliphatic rings. The molecule has 2 nitrogen and oxygen atoms in total. The van der Waals surface area contributed by atoms with Gasteiger partial charge in [0.05, 0.1) is 0 Å². The van der Waals surface area contributed by atoms with Crippen molar-refractivity contribution in [1.29, 1.82) is 5.41 Å². The summed E-state index contributed by atoms with van der Waals surface area (Å²) >= 11 is 7.91. The summed E-state index contributed by atoms with van der Waals surface area (Å²) in [5, 5.41) is 8.24. The van der Waals surface area contributed by atoms with E-state index in [1.807, 2.05) is 48.5 Å². The summed E-state index contributed by atoms with van der Waals surface area (Å²) in [6, 6.07) is 15.7. The van der Waals surface area contributed by atoms with Gasteiger partial charge in [0.15, 0.2) is 0 Å². The Bertz CT molecular complexity index is 584. The average molecular weight is 291 g/mol. The highest BCUT2D eigenvalue weighted by molar-refractivity contribution is 7.97. The average Bonchev–Trinajstić information content (AvgIpc) is 2.41. The molecular formula is C15H15ClN2S. The third-order valence-electron chi connectivity index (χ3n) is 2.72. The van der Waals surface area contributed by atoms with Gasteiger partial charge >= 0.3 is 0 Å². The number of rotatable bonds is 5. The lowest BCUT2D eigenvalue weighted by molar-refractivity contribution is 1.34. The lowest BCUT2D eigenvalue weighted by Crippen LogP contribution is -2.10. The van der Waals surface area contributed by atoms with E-state index in [1.54, 1.807) is 11.8 Å². The third kappa shape index (κ3) is 4.01. The van der Waals surface area contributed by atoms with Crippen molar-refractivity contribution < 1.29 is 0 Å². The molecule has 4 heteroatoms. The summed E-state index contributed by atoms with van der Waals surface area (Å²) in [6.45, 7) is 0. The lowest BCUT2D eigenvalue weighted by atomic mass is 10.1. The van der Waals surface area contributed by atoms with Gasteiger partial charge in [-0.2, -0.15) is 11.8 Å². The van der Waals surface area contributed by atoms with Crippen LogP contribution in [0.4, 0.5) is 0 Å². The van der Waals surface area contributed by atoms with Crippen LogP contribution in [0.25, 0.3) is 0 Å². The molecule has 0 saturated heterocycles. The van der Waals surface area contributed by atoms with Crippen molar-refractivity contribution in [3.8, 4) is 0 Å². The Balaban J connectivity index is 1.94. The van der Waals surface area contributed by atoms with Crippen molar-refractivity contribution >= 4 is 29.2 Å². The number of hydrogen-bond donors (Lipinski definition) is 2. The summed E-state index contributed by atoms with van der Waals surface area (Å²) in [6.07, 6.45) is 0. The normalized spacial score (nSPS) is 10.4. The first-order valence-electron chi connectivity index (χ1n) is 5.91. The molecule has 0 aliphatic heterocycles. The number of nitrogens with two attached hydrogens (primary N) is 1. The van der Waals surface area contributed by atoms with Gasteiger partial charge in [-0.1, -0.05) is 48.0 Å². The van der Waals surface area contributed by atoms with Crippen LogP contribution in [0.15, 0.2) is 48.5 Å². The minimum Gasteiger partial charge on any atom is -0.384 e. The van der Waals surface area contributed by atoms with Crippen molar-refractivity contribution in [3.63, 3.8) is 0 Å². The Hall–Kier alpha value is -1.45. The molecule has 0 saturated carbocycles. The van der Waals surface area contributed by atoms with E-state index in [4.69, 9.17) is 22.7 Å². The minimum atomic E-state index is 0.109. The van der Waals surface area contributed by atoms with Crippen LogP contribution < -0.4 is 5.73 Å². The van der Waals surface area contributed by atoms with Crippen LogP contribution in [0.2, 0.25) is 5.02 Å². The van der Waals surface area contributed by atoms with Gasteiger partial charge in [-0.3, -0.25) is 5.41 Å². The quantitative estimate of drug-likeness (QED) is 0.644. The second kappa shape index (κ2) is 6.64. The van der Waals surface area contributed by atoms with Crippen LogP contribution in [0, 0.1) is 5.41 Å². The molecule has 2 rings (SSSR count). The van der Waals surface area contributed by atoms with Crippen LogP contribution in [-0.2, 0) is 11.5 Å². The monoisotopic (exact) mass is 290 g/mol. The summed E-state index contributed by atoms with van der Waals surface area (Å²) < 4.78 is 0. The Morgan fingerprint density at radius 2 is 1.89 bits per heavy atom. The molecular weight excluding hydrogens is 276 g/mol. The van der Waals surface area contributed by atoms with Gasteiger partial charge in [-0.05, 0) is 23.3 Å². The van der Waals surface area contributed by atoms with Gasteiger partial charge in [0.1, 0.15) is 5.84 Å². The number of amidine groups is 1. The molecule has 0 unspecified atom stereocenters. The van der Waals surface area contributed by atoms with Crippen molar-refractivity contribution in [2.45, 2.75) is 11.5 Å².